The highest BCUT2D eigenvalue weighted by molar-refractivity contribution is 6.31. The molecule has 2 rings (SSSR count). The van der Waals surface area contributed by atoms with E-state index in [1.807, 2.05) is 0 Å². The van der Waals surface area contributed by atoms with Gasteiger partial charge < -0.3 is 15.7 Å². The maximum absolute atomic E-state index is 11.9. The molecule has 0 spiro atoms. The first kappa shape index (κ1) is 14.8. The smallest absolute Gasteiger partial charge is 0.326 e. The van der Waals surface area contributed by atoms with Crippen molar-refractivity contribution in [2.24, 2.45) is 11.7 Å². The summed E-state index contributed by atoms with van der Waals surface area (Å²) in [6, 6.07) is 6.18. The Morgan fingerprint density at radius 2 is 2.20 bits per heavy atom. The van der Waals surface area contributed by atoms with Gasteiger partial charge in [-0.1, -0.05) is 29.8 Å². The largest absolute Gasteiger partial charge is 0.480 e. The first-order chi connectivity index (χ1) is 9.52. The highest BCUT2D eigenvalue weighted by Gasteiger charge is 2.37. The Morgan fingerprint density at radius 1 is 1.50 bits per heavy atom. The van der Waals surface area contributed by atoms with Crippen molar-refractivity contribution in [2.75, 3.05) is 13.1 Å². The molecule has 3 N–H and O–H groups in total. The minimum absolute atomic E-state index is 0.0376. The van der Waals surface area contributed by atoms with Crippen molar-refractivity contribution in [1.29, 1.82) is 0 Å². The van der Waals surface area contributed by atoms with Crippen molar-refractivity contribution in [3.8, 4) is 0 Å². The van der Waals surface area contributed by atoms with Crippen molar-refractivity contribution >= 4 is 23.5 Å². The molecule has 1 aromatic rings. The minimum atomic E-state index is -1.02. The third-order valence-corrected chi connectivity index (χ3v) is 3.97. The molecule has 6 heteroatoms. The van der Waals surface area contributed by atoms with E-state index in [0.717, 1.165) is 5.56 Å². The molecule has 1 aromatic carbocycles. The summed E-state index contributed by atoms with van der Waals surface area (Å²) in [6.45, 7) is 0.789. The highest BCUT2D eigenvalue weighted by Crippen LogP contribution is 2.24. The molecular formula is C14H17ClN2O3. The molecule has 5 nitrogen and oxygen atoms in total. The number of carboxylic acid groups (broad SMARTS) is 1. The summed E-state index contributed by atoms with van der Waals surface area (Å²) in [5, 5.41) is 9.91. The fourth-order valence-corrected chi connectivity index (χ4v) is 2.68. The number of nitrogens with two attached hydrogens (primary N) is 1. The number of halogens is 1. The molecule has 1 saturated heterocycles. The number of hydrogen-bond acceptors (Lipinski definition) is 3. The highest BCUT2D eigenvalue weighted by atomic mass is 35.5. The molecule has 1 heterocycles. The number of rotatable bonds is 5. The van der Waals surface area contributed by atoms with E-state index in [0.29, 0.717) is 24.5 Å². The van der Waals surface area contributed by atoms with Crippen LogP contribution in [-0.2, 0) is 16.0 Å². The van der Waals surface area contributed by atoms with Crippen molar-refractivity contribution in [2.45, 2.75) is 18.9 Å². The number of amides is 1. The second kappa shape index (κ2) is 6.24. The van der Waals surface area contributed by atoms with Crippen LogP contribution < -0.4 is 5.73 Å². The van der Waals surface area contributed by atoms with Gasteiger partial charge in [0, 0.05) is 24.4 Å². The lowest BCUT2D eigenvalue weighted by Crippen LogP contribution is -2.44. The number of benzene rings is 1. The van der Waals surface area contributed by atoms with Crippen LogP contribution in [0.25, 0.3) is 0 Å². The van der Waals surface area contributed by atoms with Crippen LogP contribution in [0.4, 0.5) is 0 Å². The number of likely N-dealkylation sites (tertiary alicyclic amines) is 1. The average Bonchev–Trinajstić information content (AvgIpc) is 2.78. The Bertz CT molecular complexity index is 521. The second-order valence-corrected chi connectivity index (χ2v) is 5.41. The number of hydrogen-bond donors (Lipinski definition) is 2. The Hall–Kier alpha value is -1.59. The topological polar surface area (TPSA) is 83.6 Å². The molecule has 0 radical (unpaired) electrons. The van der Waals surface area contributed by atoms with Gasteiger partial charge in [0.1, 0.15) is 6.04 Å². The molecule has 1 aliphatic rings. The van der Waals surface area contributed by atoms with E-state index in [1.165, 1.54) is 4.90 Å². The van der Waals surface area contributed by atoms with Gasteiger partial charge in [-0.3, -0.25) is 4.79 Å². The fraction of sp³-hybridized carbons (Fsp3) is 0.429. The van der Waals surface area contributed by atoms with E-state index in [-0.39, 0.29) is 18.2 Å². The van der Waals surface area contributed by atoms with Crippen LogP contribution in [0.2, 0.25) is 5.02 Å². The maximum Gasteiger partial charge on any atom is 0.326 e. The van der Waals surface area contributed by atoms with Crippen LogP contribution in [-0.4, -0.2) is 41.0 Å². The summed E-state index contributed by atoms with van der Waals surface area (Å²) < 4.78 is 0. The van der Waals surface area contributed by atoms with Gasteiger partial charge in [-0.15, -0.1) is 0 Å². The Kier molecular flexibility index (Phi) is 4.62. The second-order valence-electron chi connectivity index (χ2n) is 5.00. The Balaban J connectivity index is 2.18. The first-order valence-corrected chi connectivity index (χ1v) is 6.86. The maximum atomic E-state index is 11.9. The van der Waals surface area contributed by atoms with Crippen LogP contribution in [0.5, 0.6) is 0 Å². The lowest BCUT2D eigenvalue weighted by Gasteiger charge is -2.25. The predicted molar refractivity (Wildman–Crippen MR) is 75.5 cm³/mol. The number of aliphatic carboxylic acids is 1. The van der Waals surface area contributed by atoms with Gasteiger partial charge >= 0.3 is 5.97 Å². The molecule has 20 heavy (non-hydrogen) atoms. The SMILES string of the molecule is NCC1CC(=O)N([C@H](Cc2ccccc2Cl)C(=O)O)C1. The van der Waals surface area contributed by atoms with Gasteiger partial charge in [0.25, 0.3) is 0 Å². The lowest BCUT2D eigenvalue weighted by molar-refractivity contribution is -0.148. The van der Waals surface area contributed by atoms with Crippen molar-refractivity contribution in [3.63, 3.8) is 0 Å². The van der Waals surface area contributed by atoms with Gasteiger partial charge in [0.15, 0.2) is 0 Å². The third-order valence-electron chi connectivity index (χ3n) is 3.60. The Labute approximate surface area is 122 Å². The zero-order valence-electron chi connectivity index (χ0n) is 11.0. The minimum Gasteiger partial charge on any atom is -0.480 e. The Morgan fingerprint density at radius 3 is 2.75 bits per heavy atom. The molecule has 2 atom stereocenters. The van der Waals surface area contributed by atoms with Crippen molar-refractivity contribution in [3.05, 3.63) is 34.9 Å². The summed E-state index contributed by atoms with van der Waals surface area (Å²) in [4.78, 5) is 24.8. The monoisotopic (exact) mass is 296 g/mol. The van der Waals surface area contributed by atoms with Gasteiger partial charge in [-0.2, -0.15) is 0 Å². The van der Waals surface area contributed by atoms with Crippen molar-refractivity contribution < 1.29 is 14.7 Å². The third kappa shape index (κ3) is 3.11. The van der Waals surface area contributed by atoms with Crippen LogP contribution in [0.15, 0.2) is 24.3 Å². The predicted octanol–water partition coefficient (Wildman–Crippen LogP) is 1.14. The van der Waals surface area contributed by atoms with Crippen LogP contribution in [0.1, 0.15) is 12.0 Å². The molecule has 1 unspecified atom stereocenters. The van der Waals surface area contributed by atoms with E-state index in [2.05, 4.69) is 0 Å². The van der Waals surface area contributed by atoms with Gasteiger partial charge in [-0.05, 0) is 24.1 Å². The summed E-state index contributed by atoms with van der Waals surface area (Å²) in [7, 11) is 0. The summed E-state index contributed by atoms with van der Waals surface area (Å²) >= 11 is 6.06. The zero-order chi connectivity index (χ0) is 14.7. The molecular weight excluding hydrogens is 280 g/mol. The van der Waals surface area contributed by atoms with Crippen LogP contribution >= 0.6 is 11.6 Å². The molecule has 1 amide bonds. The van der Waals surface area contributed by atoms with E-state index in [9.17, 15) is 14.7 Å². The van der Waals surface area contributed by atoms with Gasteiger partial charge in [0.05, 0.1) is 0 Å². The zero-order valence-corrected chi connectivity index (χ0v) is 11.7. The molecule has 1 fully saturated rings. The van der Waals surface area contributed by atoms with Gasteiger partial charge in [0.2, 0.25) is 5.91 Å². The van der Waals surface area contributed by atoms with E-state index < -0.39 is 12.0 Å². The summed E-state index contributed by atoms with van der Waals surface area (Å²) in [5.41, 5.74) is 6.29. The molecule has 1 aliphatic heterocycles. The molecule has 0 aromatic heterocycles. The lowest BCUT2D eigenvalue weighted by atomic mass is 10.0. The molecule has 0 bridgehead atoms. The standard InChI is InChI=1S/C14H17ClN2O3/c15-11-4-2-1-3-10(11)6-12(14(19)20)17-8-9(7-16)5-13(17)18/h1-4,9,12H,5-8,16H2,(H,19,20)/t9?,12-/m1/s1. The fourth-order valence-electron chi connectivity index (χ4n) is 2.47. The molecule has 108 valence electrons. The number of carbonyl (C=O) groups excluding carboxylic acids is 1. The number of carbonyl (C=O) groups is 2. The number of carboxylic acids is 1. The van der Waals surface area contributed by atoms with Crippen LogP contribution in [0, 0.1) is 5.92 Å². The molecule has 0 saturated carbocycles. The van der Waals surface area contributed by atoms with Crippen molar-refractivity contribution in [1.82, 2.24) is 4.90 Å². The quantitative estimate of drug-likeness (QED) is 0.853. The van der Waals surface area contributed by atoms with E-state index in [4.69, 9.17) is 17.3 Å². The van der Waals surface area contributed by atoms with Crippen LogP contribution in [0.3, 0.4) is 0 Å². The van der Waals surface area contributed by atoms with Gasteiger partial charge in [-0.25, -0.2) is 4.79 Å². The van der Waals surface area contributed by atoms with E-state index >= 15 is 0 Å². The summed E-state index contributed by atoms with van der Waals surface area (Å²) in [6.07, 6.45) is 0.529. The van der Waals surface area contributed by atoms with E-state index in [1.54, 1.807) is 24.3 Å². The summed E-state index contributed by atoms with van der Waals surface area (Å²) in [5.74, 6) is -1.13. The normalized spacial score (nSPS) is 20.2. The first-order valence-electron chi connectivity index (χ1n) is 6.48. The molecule has 0 aliphatic carbocycles. The average molecular weight is 297 g/mol. The number of nitrogens with zero attached hydrogens (tertiary/aromatic N) is 1.